The Morgan fingerprint density at radius 3 is 0.797 bits per heavy atom. The van der Waals surface area contributed by atoms with Crippen molar-refractivity contribution >= 4 is 94.6 Å². The number of carbonyl (C=O) groups excluding carboxylic acids is 6. The molecule has 6 amide bonds. The van der Waals surface area contributed by atoms with Crippen LogP contribution in [0.25, 0.3) is 11.4 Å². The number of nitrogens with zero attached hydrogens (tertiary/aromatic N) is 2. The topological polar surface area (TPSA) is 499 Å². The predicted octanol–water partition coefficient (Wildman–Crippen LogP) is -0.721. The first-order valence-electron chi connectivity index (χ1n) is 20.6. The molecule has 386 valence electrons. The van der Waals surface area contributed by atoms with Crippen LogP contribution >= 0.6 is 0 Å². The molecule has 0 saturated carbocycles. The third kappa shape index (κ3) is 16.2. The number of amides is 6. The number of aromatic nitrogens is 2. The maximum atomic E-state index is 13.7. The number of carboxylic acids is 8. The maximum absolute atomic E-state index is 13.7. The van der Waals surface area contributed by atoms with E-state index in [0.29, 0.717) is 0 Å². The van der Waals surface area contributed by atoms with Gasteiger partial charge in [0, 0.05) is 57.1 Å². The molecule has 4 rings (SSSR count). The molecule has 4 atom stereocenters. The van der Waals surface area contributed by atoms with Crippen molar-refractivity contribution in [3.63, 3.8) is 0 Å². The maximum Gasteiger partial charge on any atom is 0.326 e. The number of rotatable bonds is 25. The van der Waals surface area contributed by atoms with Crippen molar-refractivity contribution in [1.82, 2.24) is 31.2 Å². The van der Waals surface area contributed by atoms with Gasteiger partial charge in [0.15, 0.2) is 0 Å². The first kappa shape index (κ1) is 55.9. The molecule has 0 spiro atoms. The lowest BCUT2D eigenvalue weighted by molar-refractivity contribution is -0.145. The highest BCUT2D eigenvalue weighted by atomic mass is 16.4. The van der Waals surface area contributed by atoms with Crippen molar-refractivity contribution in [2.75, 3.05) is 10.6 Å². The van der Waals surface area contributed by atoms with Crippen molar-refractivity contribution in [3.8, 4) is 11.4 Å². The van der Waals surface area contributed by atoms with Crippen molar-refractivity contribution in [2.45, 2.75) is 49.9 Å². The van der Waals surface area contributed by atoms with E-state index in [1.165, 1.54) is 12.1 Å². The van der Waals surface area contributed by atoms with Crippen LogP contribution in [-0.4, -0.2) is 158 Å². The molecule has 0 aliphatic rings. The van der Waals surface area contributed by atoms with Gasteiger partial charge in [-0.15, -0.1) is 0 Å². The summed E-state index contributed by atoms with van der Waals surface area (Å²) in [6, 6.07) is 2.00. The standard InChI is InChI=1S/C44H38N8O22/c53-31(54)13-27(41(67)68)49-37(63)19-5-20(38(64)50-28(42(69)70)14-32(55)56)8-23(7-19)47-35(61)17-1-3-45-25(11-17)26-12-18(2-4-46-26)36(62)48-24-9-21(39(65)51-29(43(71)72)15-33(57)58)6-22(10-24)40(66)52-30(44(73)74)16-34(59)60/h1-12,27-30H,13-16H2,(H,47,61)(H,48,62)(H,49,63)(H,50,64)(H,51,65)(H,52,66)(H,53,54)(H,55,56)(H,57,58)(H,59,60)(H,67,68)(H,69,70)(H,71,72)(H,73,74)/t27-,28-,29-,30-/m0/s1. The summed E-state index contributed by atoms with van der Waals surface area (Å²) in [5.41, 5.74) is -3.60. The minimum atomic E-state index is -1.99. The highest BCUT2D eigenvalue weighted by Crippen LogP contribution is 2.23. The quantitative estimate of drug-likeness (QED) is 0.0389. The molecule has 0 aliphatic heterocycles. The SMILES string of the molecule is O=C(O)C[C@H](NC(=O)c1cc(NC(=O)c2ccnc(-c3cc(C(=O)Nc4cc(C(=O)N[C@@H](CC(=O)O)C(=O)O)cc(C(=O)N[C@@H](CC(=O)O)C(=O)O)c4)ccn3)c2)cc(C(=O)N[C@@H](CC(=O)O)C(=O)O)c1)C(=O)O. The van der Waals surface area contributed by atoms with E-state index in [1.54, 1.807) is 0 Å². The lowest BCUT2D eigenvalue weighted by Gasteiger charge is -2.16. The number of anilines is 2. The van der Waals surface area contributed by atoms with E-state index in [9.17, 15) is 87.5 Å². The second kappa shape index (κ2) is 24.7. The van der Waals surface area contributed by atoms with E-state index in [2.05, 4.69) is 20.6 Å². The van der Waals surface area contributed by atoms with Gasteiger partial charge in [0.25, 0.3) is 35.4 Å². The zero-order valence-electron chi connectivity index (χ0n) is 37.3. The third-order valence-corrected chi connectivity index (χ3v) is 9.67. The zero-order valence-corrected chi connectivity index (χ0v) is 37.3. The molecule has 30 nitrogen and oxygen atoms in total. The molecule has 0 bridgehead atoms. The number of pyridine rings is 2. The van der Waals surface area contributed by atoms with E-state index < -0.39 is 155 Å². The van der Waals surface area contributed by atoms with Crippen LogP contribution < -0.4 is 31.9 Å². The summed E-state index contributed by atoms with van der Waals surface area (Å²) in [6.07, 6.45) is -2.12. The summed E-state index contributed by atoms with van der Waals surface area (Å²) in [4.78, 5) is 180. The summed E-state index contributed by atoms with van der Waals surface area (Å²) in [6.45, 7) is 0. The van der Waals surface area contributed by atoms with Gasteiger partial charge in [-0.3, -0.25) is 57.9 Å². The molecule has 2 heterocycles. The van der Waals surface area contributed by atoms with Gasteiger partial charge < -0.3 is 72.8 Å². The Hall–Kier alpha value is -10.7. The van der Waals surface area contributed by atoms with Crippen molar-refractivity contribution < 1.29 is 108 Å². The molecule has 74 heavy (non-hydrogen) atoms. The van der Waals surface area contributed by atoms with E-state index in [-0.39, 0.29) is 33.9 Å². The number of aliphatic carboxylic acids is 8. The first-order chi connectivity index (χ1) is 34.7. The number of benzene rings is 2. The molecule has 0 aliphatic carbocycles. The van der Waals surface area contributed by atoms with Gasteiger partial charge in [0.05, 0.1) is 37.1 Å². The van der Waals surface area contributed by atoms with E-state index in [0.717, 1.165) is 60.9 Å². The molecule has 0 fully saturated rings. The summed E-state index contributed by atoms with van der Waals surface area (Å²) in [7, 11) is 0. The van der Waals surface area contributed by atoms with Gasteiger partial charge in [-0.1, -0.05) is 0 Å². The Balaban J connectivity index is 1.67. The van der Waals surface area contributed by atoms with Gasteiger partial charge in [-0.2, -0.15) is 0 Å². The van der Waals surface area contributed by atoms with E-state index in [1.807, 2.05) is 21.3 Å². The molecule has 2 aromatic heterocycles. The van der Waals surface area contributed by atoms with Crippen LogP contribution in [0.3, 0.4) is 0 Å². The molecule has 4 aromatic rings. The van der Waals surface area contributed by atoms with Crippen LogP contribution in [0.5, 0.6) is 0 Å². The summed E-state index contributed by atoms with van der Waals surface area (Å²) in [5.74, 6) is -20.6. The lowest BCUT2D eigenvalue weighted by atomic mass is 10.1. The van der Waals surface area contributed by atoms with E-state index >= 15 is 0 Å². The molecular weight excluding hydrogens is 993 g/mol. The van der Waals surface area contributed by atoms with Crippen LogP contribution in [0.1, 0.15) is 87.8 Å². The number of carboxylic acid groups (broad SMARTS) is 8. The van der Waals surface area contributed by atoms with Gasteiger partial charge in [0.2, 0.25) is 0 Å². The molecule has 0 unspecified atom stereocenters. The Labute approximate surface area is 411 Å². The van der Waals surface area contributed by atoms with E-state index in [4.69, 9.17) is 20.4 Å². The Bertz CT molecular complexity index is 2680. The van der Waals surface area contributed by atoms with Gasteiger partial charge in [0.1, 0.15) is 24.2 Å². The Kier molecular flexibility index (Phi) is 18.7. The van der Waals surface area contributed by atoms with Crippen LogP contribution in [-0.2, 0) is 38.4 Å². The monoisotopic (exact) mass is 1030 g/mol. The smallest absolute Gasteiger partial charge is 0.326 e. The van der Waals surface area contributed by atoms with Gasteiger partial charge >= 0.3 is 47.8 Å². The summed E-state index contributed by atoms with van der Waals surface area (Å²) >= 11 is 0. The van der Waals surface area contributed by atoms with Crippen LogP contribution in [0, 0.1) is 0 Å². The average Bonchev–Trinajstić information content (AvgIpc) is 3.32. The highest BCUT2D eigenvalue weighted by molar-refractivity contribution is 6.10. The minimum absolute atomic E-state index is 0.0851. The fourth-order valence-corrected chi connectivity index (χ4v) is 6.22. The highest BCUT2D eigenvalue weighted by Gasteiger charge is 2.29. The lowest BCUT2D eigenvalue weighted by Crippen LogP contribution is -2.43. The summed E-state index contributed by atoms with van der Waals surface area (Å²) in [5, 5.41) is 86.7. The summed E-state index contributed by atoms with van der Waals surface area (Å²) < 4.78 is 0. The normalized spacial score (nSPS) is 12.2. The second-order valence-electron chi connectivity index (χ2n) is 15.2. The fourth-order valence-electron chi connectivity index (χ4n) is 6.22. The minimum Gasteiger partial charge on any atom is -0.481 e. The van der Waals surface area contributed by atoms with Crippen molar-refractivity contribution in [2.24, 2.45) is 0 Å². The molecule has 30 heteroatoms. The molecule has 0 saturated heterocycles. The largest absolute Gasteiger partial charge is 0.481 e. The number of nitrogens with one attached hydrogen (secondary N) is 6. The van der Waals surface area contributed by atoms with Crippen molar-refractivity contribution in [1.29, 1.82) is 0 Å². The third-order valence-electron chi connectivity index (χ3n) is 9.67. The second-order valence-corrected chi connectivity index (χ2v) is 15.2. The molecule has 2 aromatic carbocycles. The fraction of sp³-hybridized carbons (Fsp3) is 0.182. The van der Waals surface area contributed by atoms with Crippen LogP contribution in [0.15, 0.2) is 73.1 Å². The predicted molar refractivity (Wildman–Crippen MR) is 241 cm³/mol. The van der Waals surface area contributed by atoms with Gasteiger partial charge in [-0.05, 0) is 60.7 Å². The Morgan fingerprint density at radius 1 is 0.338 bits per heavy atom. The van der Waals surface area contributed by atoms with Gasteiger partial charge in [-0.25, -0.2) is 19.2 Å². The average molecular weight is 1030 g/mol. The number of hydrogen-bond acceptors (Lipinski definition) is 16. The molecular formula is C44H38N8O22. The van der Waals surface area contributed by atoms with Crippen LogP contribution in [0.4, 0.5) is 11.4 Å². The number of hydrogen-bond donors (Lipinski definition) is 14. The first-order valence-corrected chi connectivity index (χ1v) is 20.6. The number of carbonyl (C=O) groups is 14. The Morgan fingerprint density at radius 2 is 0.581 bits per heavy atom. The molecule has 14 N–H and O–H groups in total. The zero-order chi connectivity index (χ0) is 55.1. The van der Waals surface area contributed by atoms with Crippen LogP contribution in [0.2, 0.25) is 0 Å². The molecule has 0 radical (unpaired) electrons. The van der Waals surface area contributed by atoms with Crippen molar-refractivity contribution in [3.05, 3.63) is 106 Å².